The zero-order chi connectivity index (χ0) is 23.0. The number of nitrogens with one attached hydrogen (secondary N) is 1. The summed E-state index contributed by atoms with van der Waals surface area (Å²) >= 11 is 5.96. The molecule has 164 valence electrons. The number of hydrogen-bond donors (Lipinski definition) is 2. The highest BCUT2D eigenvalue weighted by molar-refractivity contribution is 6.30. The summed E-state index contributed by atoms with van der Waals surface area (Å²) in [6, 6.07) is 10.2. The van der Waals surface area contributed by atoms with Crippen molar-refractivity contribution in [3.05, 3.63) is 94.0 Å². The number of alkyl halides is 3. The topological polar surface area (TPSA) is 58.0 Å². The van der Waals surface area contributed by atoms with Gasteiger partial charge in [-0.15, -0.1) is 0 Å². The third-order valence-corrected chi connectivity index (χ3v) is 5.25. The first kappa shape index (κ1) is 21.8. The Bertz CT molecular complexity index is 1310. The second kappa shape index (κ2) is 8.27. The van der Waals surface area contributed by atoms with Gasteiger partial charge >= 0.3 is 6.18 Å². The highest BCUT2D eigenvalue weighted by Gasteiger charge is 2.34. The fourth-order valence-electron chi connectivity index (χ4n) is 3.49. The molecule has 4 rings (SSSR count). The van der Waals surface area contributed by atoms with Crippen LogP contribution in [0.15, 0.2) is 60.9 Å². The van der Waals surface area contributed by atoms with Crippen molar-refractivity contribution < 1.29 is 22.7 Å². The van der Waals surface area contributed by atoms with E-state index in [2.05, 4.69) is 15.3 Å². The fourth-order valence-corrected chi connectivity index (χ4v) is 3.70. The lowest BCUT2D eigenvalue weighted by Gasteiger charge is -2.23. The zero-order valence-electron chi connectivity index (χ0n) is 16.6. The Kier molecular flexibility index (Phi) is 5.64. The number of hydrogen-bond acceptors (Lipinski definition) is 4. The van der Waals surface area contributed by atoms with Crippen molar-refractivity contribution >= 4 is 28.3 Å². The number of rotatable bonds is 4. The van der Waals surface area contributed by atoms with Gasteiger partial charge in [0.15, 0.2) is 0 Å². The normalized spacial score (nSPS) is 12.7. The van der Waals surface area contributed by atoms with Gasteiger partial charge < -0.3 is 10.4 Å². The number of halogens is 5. The van der Waals surface area contributed by atoms with Crippen LogP contribution >= 0.6 is 11.6 Å². The number of anilines is 1. The van der Waals surface area contributed by atoms with Crippen LogP contribution in [-0.2, 0) is 6.18 Å². The molecule has 9 heteroatoms. The van der Waals surface area contributed by atoms with E-state index in [1.165, 1.54) is 12.4 Å². The maximum atomic E-state index is 14.4. The predicted octanol–water partition coefficient (Wildman–Crippen LogP) is 6.66. The summed E-state index contributed by atoms with van der Waals surface area (Å²) in [7, 11) is 0. The van der Waals surface area contributed by atoms with E-state index in [0.29, 0.717) is 38.9 Å². The highest BCUT2D eigenvalue weighted by Crippen LogP contribution is 2.39. The Balaban J connectivity index is 1.88. The molecule has 2 aromatic heterocycles. The van der Waals surface area contributed by atoms with Crippen LogP contribution in [0.2, 0.25) is 5.02 Å². The number of aromatic hydroxyl groups is 1. The summed E-state index contributed by atoms with van der Waals surface area (Å²) in [5, 5.41) is 15.1. The Hall–Kier alpha value is -3.39. The van der Waals surface area contributed by atoms with Crippen LogP contribution < -0.4 is 5.32 Å². The van der Waals surface area contributed by atoms with Gasteiger partial charge in [0, 0.05) is 23.3 Å². The Morgan fingerprint density at radius 3 is 2.53 bits per heavy atom. The molecule has 0 amide bonds. The molecule has 4 nitrogen and oxygen atoms in total. The number of benzene rings is 2. The van der Waals surface area contributed by atoms with Gasteiger partial charge in [-0.2, -0.15) is 13.2 Å². The molecule has 0 spiro atoms. The van der Waals surface area contributed by atoms with Crippen LogP contribution in [0.5, 0.6) is 5.75 Å². The van der Waals surface area contributed by atoms with Gasteiger partial charge in [-0.1, -0.05) is 35.9 Å². The molecule has 1 atom stereocenters. The predicted molar refractivity (Wildman–Crippen MR) is 114 cm³/mol. The second-order valence-electron chi connectivity index (χ2n) is 7.21. The number of aryl methyl sites for hydroxylation is 1. The molecule has 0 saturated carbocycles. The van der Waals surface area contributed by atoms with Crippen LogP contribution in [0.1, 0.15) is 28.3 Å². The lowest BCUT2D eigenvalue weighted by atomic mass is 9.95. The number of phenolic OH excluding ortho intramolecular Hbond substituents is 1. The van der Waals surface area contributed by atoms with Crippen molar-refractivity contribution in [2.75, 3.05) is 5.32 Å². The summed E-state index contributed by atoms with van der Waals surface area (Å²) in [5.41, 5.74) is 0.0622. The van der Waals surface area contributed by atoms with Crippen LogP contribution in [0, 0.1) is 12.7 Å². The third-order valence-electron chi connectivity index (χ3n) is 5.05. The average molecular weight is 462 g/mol. The maximum absolute atomic E-state index is 14.4. The summed E-state index contributed by atoms with van der Waals surface area (Å²) in [4.78, 5) is 8.41. The minimum Gasteiger partial charge on any atom is -0.505 e. The second-order valence-corrected chi connectivity index (χ2v) is 7.65. The molecule has 0 fully saturated rings. The smallest absolute Gasteiger partial charge is 0.419 e. The molecule has 32 heavy (non-hydrogen) atoms. The van der Waals surface area contributed by atoms with Gasteiger partial charge in [0.25, 0.3) is 0 Å². The Morgan fingerprint density at radius 1 is 1.06 bits per heavy atom. The van der Waals surface area contributed by atoms with Crippen molar-refractivity contribution in [3.63, 3.8) is 0 Å². The molecular formula is C23H16ClF4N3O. The van der Waals surface area contributed by atoms with E-state index < -0.39 is 23.6 Å². The van der Waals surface area contributed by atoms with Crippen LogP contribution in [0.25, 0.3) is 10.9 Å². The zero-order valence-corrected chi connectivity index (χ0v) is 17.3. The molecule has 4 aromatic rings. The number of pyridine rings is 2. The highest BCUT2D eigenvalue weighted by atomic mass is 35.5. The molecule has 0 aliphatic heterocycles. The Labute approximate surface area is 185 Å². The van der Waals surface area contributed by atoms with Crippen molar-refractivity contribution in [1.82, 2.24) is 9.97 Å². The average Bonchev–Trinajstić information content (AvgIpc) is 2.73. The van der Waals surface area contributed by atoms with Crippen LogP contribution in [0.4, 0.5) is 23.4 Å². The lowest BCUT2D eigenvalue weighted by Crippen LogP contribution is -2.16. The summed E-state index contributed by atoms with van der Waals surface area (Å²) in [6.45, 7) is 1.74. The SMILES string of the molecule is Cc1cc(Cl)cnc1NC(c1ccc(C(F)(F)F)c(F)c1)c1ccc2cccnc2c1O. The molecule has 0 aliphatic carbocycles. The molecule has 0 aliphatic rings. The van der Waals surface area contributed by atoms with Gasteiger partial charge in [0.1, 0.15) is 22.9 Å². The van der Waals surface area contributed by atoms with Gasteiger partial charge in [0.05, 0.1) is 16.6 Å². The maximum Gasteiger partial charge on any atom is 0.419 e. The number of fused-ring (bicyclic) bond motifs is 1. The molecular weight excluding hydrogens is 446 g/mol. The lowest BCUT2D eigenvalue weighted by molar-refractivity contribution is -0.140. The van der Waals surface area contributed by atoms with Crippen LogP contribution in [-0.4, -0.2) is 15.1 Å². The third kappa shape index (κ3) is 4.18. The molecule has 0 saturated heterocycles. The van der Waals surface area contributed by atoms with E-state index >= 15 is 0 Å². The standard InChI is InChI=1S/C23H16ClF4N3O/c1-12-9-15(24)11-30-22(12)31-19(14-5-7-17(18(25)10-14)23(26,27)28)16-6-4-13-3-2-8-29-20(13)21(16)32/h2-11,19,32H,1H3,(H,30,31). The first-order valence-electron chi connectivity index (χ1n) is 9.47. The van der Waals surface area contributed by atoms with Gasteiger partial charge in [-0.25, -0.2) is 9.37 Å². The van der Waals surface area contributed by atoms with E-state index in [9.17, 15) is 22.7 Å². The quantitative estimate of drug-likeness (QED) is 0.334. The van der Waals surface area contributed by atoms with E-state index in [-0.39, 0.29) is 11.3 Å². The van der Waals surface area contributed by atoms with Gasteiger partial charge in [0.2, 0.25) is 0 Å². The van der Waals surface area contributed by atoms with Crippen molar-refractivity contribution in [2.45, 2.75) is 19.1 Å². The van der Waals surface area contributed by atoms with E-state index in [1.54, 1.807) is 37.3 Å². The van der Waals surface area contributed by atoms with Crippen molar-refractivity contribution in [2.24, 2.45) is 0 Å². The minimum atomic E-state index is -4.82. The molecule has 0 radical (unpaired) electrons. The first-order chi connectivity index (χ1) is 15.1. The summed E-state index contributed by atoms with van der Waals surface area (Å²) < 4.78 is 53.6. The molecule has 2 aromatic carbocycles. The van der Waals surface area contributed by atoms with E-state index in [0.717, 1.165) is 12.1 Å². The van der Waals surface area contributed by atoms with E-state index in [4.69, 9.17) is 11.6 Å². The van der Waals surface area contributed by atoms with Crippen molar-refractivity contribution in [1.29, 1.82) is 0 Å². The minimum absolute atomic E-state index is 0.164. The summed E-state index contributed by atoms with van der Waals surface area (Å²) in [6.07, 6.45) is -1.91. The Morgan fingerprint density at radius 2 is 1.84 bits per heavy atom. The molecule has 0 bridgehead atoms. The molecule has 2 heterocycles. The van der Waals surface area contributed by atoms with Gasteiger partial charge in [-0.3, -0.25) is 4.98 Å². The molecule has 1 unspecified atom stereocenters. The van der Waals surface area contributed by atoms with Crippen LogP contribution in [0.3, 0.4) is 0 Å². The first-order valence-corrected chi connectivity index (χ1v) is 9.85. The largest absolute Gasteiger partial charge is 0.505 e. The molecule has 2 N–H and O–H groups in total. The fraction of sp³-hybridized carbons (Fsp3) is 0.130. The number of nitrogens with zero attached hydrogens (tertiary/aromatic N) is 2. The van der Waals surface area contributed by atoms with Gasteiger partial charge in [-0.05, 0) is 42.3 Å². The van der Waals surface area contributed by atoms with E-state index in [1.807, 2.05) is 0 Å². The monoisotopic (exact) mass is 461 g/mol. The number of phenols is 1. The summed E-state index contributed by atoms with van der Waals surface area (Å²) in [5.74, 6) is -1.21. The van der Waals surface area contributed by atoms with Crippen molar-refractivity contribution in [3.8, 4) is 5.75 Å². The number of aromatic nitrogens is 2.